The van der Waals surface area contributed by atoms with Crippen LogP contribution in [-0.4, -0.2) is 49.1 Å². The van der Waals surface area contributed by atoms with Gasteiger partial charge >= 0.3 is 0 Å². The van der Waals surface area contributed by atoms with Crippen LogP contribution in [0.2, 0.25) is 0 Å². The monoisotopic (exact) mass is 379 g/mol. The summed E-state index contributed by atoms with van der Waals surface area (Å²) in [5.74, 6) is -0.494. The number of amides is 1. The molecule has 0 spiro atoms. The molecule has 1 fully saturated rings. The number of pyridine rings is 1. The molecule has 0 aliphatic carbocycles. The van der Waals surface area contributed by atoms with Crippen molar-refractivity contribution in [1.29, 1.82) is 0 Å². The zero-order valence-corrected chi connectivity index (χ0v) is 16.1. The van der Waals surface area contributed by atoms with Gasteiger partial charge in [-0.15, -0.1) is 11.3 Å². The molecule has 2 aromatic heterocycles. The average Bonchev–Trinajstić information content (AvgIpc) is 2.93. The van der Waals surface area contributed by atoms with E-state index in [2.05, 4.69) is 19.9 Å². The number of aromatic nitrogens is 1. The molecule has 1 aliphatic rings. The number of ether oxygens (including phenoxy) is 1. The number of primary amides is 1. The lowest BCUT2D eigenvalue weighted by Crippen LogP contribution is -2.43. The van der Waals surface area contributed by atoms with Gasteiger partial charge in [-0.05, 0) is 26.8 Å². The van der Waals surface area contributed by atoms with Crippen LogP contribution in [0.25, 0.3) is 10.2 Å². The van der Waals surface area contributed by atoms with Gasteiger partial charge in [0, 0.05) is 32.4 Å². The van der Waals surface area contributed by atoms with Gasteiger partial charge in [-0.2, -0.15) is 0 Å². The minimum Gasteiger partial charge on any atom is -0.462 e. The first-order valence-electron chi connectivity index (χ1n) is 8.28. The van der Waals surface area contributed by atoms with Gasteiger partial charge in [0.05, 0.1) is 16.8 Å². The molecular formula is C17H25N5O3S. The van der Waals surface area contributed by atoms with Gasteiger partial charge in [0.2, 0.25) is 0 Å². The number of hydrogen-bond donors (Lipinski definition) is 3. The van der Waals surface area contributed by atoms with Crippen molar-refractivity contribution >= 4 is 45.3 Å². The summed E-state index contributed by atoms with van der Waals surface area (Å²) < 4.78 is 4.55. The van der Waals surface area contributed by atoms with E-state index in [4.69, 9.17) is 11.5 Å². The molecular weight excluding hydrogens is 354 g/mol. The number of rotatable bonds is 3. The number of carbonyl (C=O) groups excluding carboxylic acids is 2. The number of nitrogens with two attached hydrogens (primary N) is 2. The lowest BCUT2D eigenvalue weighted by molar-refractivity contribution is -0.138. The summed E-state index contributed by atoms with van der Waals surface area (Å²) in [6.07, 6.45) is 1.75. The first-order chi connectivity index (χ1) is 12.2. The van der Waals surface area contributed by atoms with Gasteiger partial charge in [-0.1, -0.05) is 0 Å². The van der Waals surface area contributed by atoms with Crippen molar-refractivity contribution in [2.75, 3.05) is 36.8 Å². The number of thiophene rings is 1. The van der Waals surface area contributed by atoms with E-state index >= 15 is 0 Å². The van der Waals surface area contributed by atoms with Crippen molar-refractivity contribution in [2.45, 2.75) is 26.4 Å². The van der Waals surface area contributed by atoms with E-state index in [0.29, 0.717) is 17.0 Å². The topological polar surface area (TPSA) is 124 Å². The van der Waals surface area contributed by atoms with Crippen molar-refractivity contribution < 1.29 is 14.3 Å². The van der Waals surface area contributed by atoms with E-state index in [9.17, 15) is 9.59 Å². The maximum Gasteiger partial charge on any atom is 0.293 e. The fraction of sp³-hybridized carbons (Fsp3) is 0.471. The maximum atomic E-state index is 11.4. The second-order valence-corrected chi connectivity index (χ2v) is 7.78. The molecule has 0 aromatic carbocycles. The molecule has 0 saturated carbocycles. The Morgan fingerprint density at radius 2 is 2.04 bits per heavy atom. The zero-order chi connectivity index (χ0) is 19.3. The molecule has 142 valence electrons. The number of piperazine rings is 1. The van der Waals surface area contributed by atoms with Crippen molar-refractivity contribution in [3.05, 3.63) is 17.1 Å². The number of anilines is 2. The number of carbonyl (C=O) groups is 2. The predicted octanol–water partition coefficient (Wildman–Crippen LogP) is 1.34. The van der Waals surface area contributed by atoms with Crippen LogP contribution in [0.5, 0.6) is 0 Å². The molecule has 8 nitrogen and oxygen atoms in total. The molecule has 1 aliphatic heterocycles. The van der Waals surface area contributed by atoms with Gasteiger partial charge in [0.1, 0.15) is 15.3 Å². The average molecular weight is 379 g/mol. The Morgan fingerprint density at radius 1 is 1.38 bits per heavy atom. The van der Waals surface area contributed by atoms with Crippen LogP contribution >= 0.6 is 11.3 Å². The van der Waals surface area contributed by atoms with Crippen molar-refractivity contribution in [2.24, 2.45) is 5.73 Å². The highest BCUT2D eigenvalue weighted by molar-refractivity contribution is 7.21. The molecule has 3 rings (SSSR count). The summed E-state index contributed by atoms with van der Waals surface area (Å²) in [7, 11) is 0. The Hall–Kier alpha value is -2.39. The number of fused-ring (bicyclic) bond motifs is 1. The van der Waals surface area contributed by atoms with Crippen molar-refractivity contribution in [1.82, 2.24) is 10.3 Å². The molecule has 1 amide bonds. The normalized spacial score (nSPS) is 14.5. The highest BCUT2D eigenvalue weighted by Gasteiger charge is 2.21. The Kier molecular flexibility index (Phi) is 6.38. The van der Waals surface area contributed by atoms with Crippen LogP contribution in [0.3, 0.4) is 0 Å². The number of nitrogen functional groups attached to an aromatic ring is 1. The molecule has 0 unspecified atom stereocenters. The quantitative estimate of drug-likeness (QED) is 0.688. The van der Waals surface area contributed by atoms with Crippen molar-refractivity contribution in [3.8, 4) is 0 Å². The van der Waals surface area contributed by atoms with E-state index in [0.717, 1.165) is 42.1 Å². The summed E-state index contributed by atoms with van der Waals surface area (Å²) in [4.78, 5) is 28.7. The van der Waals surface area contributed by atoms with Gasteiger partial charge in [0.25, 0.3) is 12.4 Å². The van der Waals surface area contributed by atoms with Crippen LogP contribution in [0.15, 0.2) is 12.3 Å². The van der Waals surface area contributed by atoms with E-state index in [1.165, 1.54) is 11.3 Å². The van der Waals surface area contributed by atoms with Crippen molar-refractivity contribution in [3.63, 3.8) is 0 Å². The second-order valence-electron chi connectivity index (χ2n) is 6.78. The molecule has 0 bridgehead atoms. The van der Waals surface area contributed by atoms with Gasteiger partial charge in [-0.3, -0.25) is 9.59 Å². The van der Waals surface area contributed by atoms with E-state index in [1.807, 2.05) is 26.8 Å². The molecule has 1 saturated heterocycles. The van der Waals surface area contributed by atoms with Crippen LogP contribution in [-0.2, 0) is 9.53 Å². The van der Waals surface area contributed by atoms with Crippen LogP contribution < -0.4 is 21.7 Å². The summed E-state index contributed by atoms with van der Waals surface area (Å²) in [6.45, 7) is 9.64. The number of nitrogens with one attached hydrogen (secondary N) is 1. The number of nitrogens with zero attached hydrogens (tertiary/aromatic N) is 2. The summed E-state index contributed by atoms with van der Waals surface area (Å²) >= 11 is 1.26. The highest BCUT2D eigenvalue weighted by atomic mass is 32.1. The summed E-state index contributed by atoms with van der Waals surface area (Å²) in [6, 6.07) is 1.95. The molecule has 5 N–H and O–H groups in total. The smallest absolute Gasteiger partial charge is 0.293 e. The third kappa shape index (κ3) is 4.83. The Labute approximate surface area is 156 Å². The predicted molar refractivity (Wildman–Crippen MR) is 105 cm³/mol. The van der Waals surface area contributed by atoms with Crippen LogP contribution in [0, 0.1) is 0 Å². The summed E-state index contributed by atoms with van der Waals surface area (Å²) in [5.41, 5.74) is 12.6. The molecule has 9 heteroatoms. The van der Waals surface area contributed by atoms with E-state index < -0.39 is 5.91 Å². The molecule has 0 atom stereocenters. The minimum absolute atomic E-state index is 0.318. The summed E-state index contributed by atoms with van der Waals surface area (Å²) in [5, 5.41) is 4.16. The van der Waals surface area contributed by atoms with Crippen LogP contribution in [0.1, 0.15) is 30.4 Å². The molecule has 0 radical (unpaired) electrons. The molecule has 26 heavy (non-hydrogen) atoms. The third-order valence-corrected chi connectivity index (χ3v) is 4.82. The largest absolute Gasteiger partial charge is 0.462 e. The Bertz CT molecular complexity index is 779. The Morgan fingerprint density at radius 3 is 2.54 bits per heavy atom. The highest BCUT2D eigenvalue weighted by Crippen LogP contribution is 2.38. The lowest BCUT2D eigenvalue weighted by Gasteiger charge is -2.30. The molecule has 3 heterocycles. The fourth-order valence-electron chi connectivity index (χ4n) is 2.53. The standard InChI is InChI=1S/C12H15N5OS.C5H10O2/c13-9-8-7(17-5-3-15-4-6-17)1-2-16-12(8)19-10(9)11(14)18;1-5(2,3)7-4-6/h1-2,15H,3-6,13H2,(H2,14,18);4H,1-3H3. The van der Waals surface area contributed by atoms with E-state index in [1.54, 1.807) is 6.20 Å². The maximum absolute atomic E-state index is 11.4. The van der Waals surface area contributed by atoms with E-state index in [-0.39, 0.29) is 5.60 Å². The van der Waals surface area contributed by atoms with Crippen LogP contribution in [0.4, 0.5) is 11.4 Å². The SMILES string of the molecule is CC(C)(C)OC=O.NC(=O)c1sc2nccc(N3CCNCC3)c2c1N. The van der Waals surface area contributed by atoms with Gasteiger partial charge in [0.15, 0.2) is 0 Å². The minimum atomic E-state index is -0.494. The first kappa shape index (κ1) is 19.9. The van der Waals surface area contributed by atoms with Gasteiger partial charge < -0.3 is 26.4 Å². The fourth-order valence-corrected chi connectivity index (χ4v) is 3.46. The second kappa shape index (κ2) is 8.33. The number of hydrogen-bond acceptors (Lipinski definition) is 8. The lowest BCUT2D eigenvalue weighted by atomic mass is 10.2. The first-order valence-corrected chi connectivity index (χ1v) is 9.10. The molecule has 2 aromatic rings. The van der Waals surface area contributed by atoms with Gasteiger partial charge in [-0.25, -0.2) is 4.98 Å². The Balaban J connectivity index is 0.000000298. The third-order valence-electron chi connectivity index (χ3n) is 3.69. The zero-order valence-electron chi connectivity index (χ0n) is 15.2.